The molecule has 0 aliphatic carbocycles. The van der Waals surface area contributed by atoms with Crippen LogP contribution < -0.4 is 0 Å². The molecule has 19 heavy (non-hydrogen) atoms. The van der Waals surface area contributed by atoms with E-state index < -0.39 is 5.97 Å². The quantitative estimate of drug-likeness (QED) is 0.719. The van der Waals surface area contributed by atoms with Gasteiger partial charge < -0.3 is 9.64 Å². The van der Waals surface area contributed by atoms with E-state index in [4.69, 9.17) is 10.00 Å². The molecule has 0 spiro atoms. The Morgan fingerprint density at radius 1 is 1.32 bits per heavy atom. The van der Waals surface area contributed by atoms with Gasteiger partial charge in [0.25, 0.3) is 5.91 Å². The van der Waals surface area contributed by atoms with Gasteiger partial charge in [-0.25, -0.2) is 0 Å². The zero-order valence-electron chi connectivity index (χ0n) is 10.8. The maximum Gasteiger partial charge on any atom is 0.310 e. The van der Waals surface area contributed by atoms with E-state index >= 15 is 0 Å². The van der Waals surface area contributed by atoms with Crippen LogP contribution in [0.1, 0.15) is 12.0 Å². The van der Waals surface area contributed by atoms with Crippen molar-refractivity contribution in [1.82, 2.24) is 4.90 Å². The van der Waals surface area contributed by atoms with Crippen molar-refractivity contribution in [1.29, 1.82) is 5.26 Å². The summed E-state index contributed by atoms with van der Waals surface area (Å²) < 4.78 is 4.90. The lowest BCUT2D eigenvalue weighted by Crippen LogP contribution is -2.32. The van der Waals surface area contributed by atoms with Crippen LogP contribution in [0.2, 0.25) is 0 Å². The fourth-order valence-electron chi connectivity index (χ4n) is 1.41. The molecule has 1 aromatic rings. The van der Waals surface area contributed by atoms with E-state index in [1.165, 1.54) is 4.90 Å². The lowest BCUT2D eigenvalue weighted by molar-refractivity contribution is -0.150. The first-order valence-corrected chi connectivity index (χ1v) is 5.94. The van der Waals surface area contributed by atoms with Gasteiger partial charge in [-0.05, 0) is 5.56 Å². The highest BCUT2D eigenvalue weighted by Gasteiger charge is 2.11. The van der Waals surface area contributed by atoms with Crippen LogP contribution in [0.3, 0.4) is 0 Å². The number of hydrogen-bond acceptors (Lipinski definition) is 4. The summed E-state index contributed by atoms with van der Waals surface area (Å²) in [6.07, 6.45) is 0.413. The number of nitriles is 1. The number of carbonyl (C=O) groups excluding carboxylic acids is 2. The Kier molecular flexibility index (Phi) is 6.10. The third-order valence-corrected chi connectivity index (χ3v) is 2.53. The van der Waals surface area contributed by atoms with Crippen molar-refractivity contribution in [2.45, 2.75) is 12.8 Å². The molecule has 1 rings (SSSR count). The molecule has 0 heterocycles. The minimum absolute atomic E-state index is 0.149. The molecule has 0 saturated heterocycles. The van der Waals surface area contributed by atoms with Crippen molar-refractivity contribution < 1.29 is 14.3 Å². The minimum atomic E-state index is -0.437. The third-order valence-electron chi connectivity index (χ3n) is 2.53. The van der Waals surface area contributed by atoms with Gasteiger partial charge in [-0.3, -0.25) is 9.59 Å². The van der Waals surface area contributed by atoms with Gasteiger partial charge in [0.1, 0.15) is 0 Å². The summed E-state index contributed by atoms with van der Waals surface area (Å²) in [5, 5.41) is 8.41. The van der Waals surface area contributed by atoms with Crippen LogP contribution in [0, 0.1) is 11.3 Å². The van der Waals surface area contributed by atoms with Gasteiger partial charge in [0, 0.05) is 13.6 Å². The summed E-state index contributed by atoms with van der Waals surface area (Å²) in [7, 11) is 1.57. The van der Waals surface area contributed by atoms with Crippen molar-refractivity contribution in [2.24, 2.45) is 0 Å². The second-order valence-electron chi connectivity index (χ2n) is 4.05. The highest BCUT2D eigenvalue weighted by atomic mass is 16.5. The lowest BCUT2D eigenvalue weighted by atomic mass is 10.2. The Morgan fingerprint density at radius 3 is 2.63 bits per heavy atom. The highest BCUT2D eigenvalue weighted by Crippen LogP contribution is 2.01. The molecule has 0 aliphatic rings. The van der Waals surface area contributed by atoms with Gasteiger partial charge in [-0.2, -0.15) is 5.26 Å². The molecule has 5 heteroatoms. The molecule has 5 nitrogen and oxygen atoms in total. The molecule has 0 atom stereocenters. The van der Waals surface area contributed by atoms with E-state index in [-0.39, 0.29) is 25.4 Å². The van der Waals surface area contributed by atoms with E-state index in [0.717, 1.165) is 5.56 Å². The molecule has 100 valence electrons. The summed E-state index contributed by atoms with van der Waals surface area (Å²) in [4.78, 5) is 24.4. The summed E-state index contributed by atoms with van der Waals surface area (Å²) in [5.74, 6) is -0.745. The van der Waals surface area contributed by atoms with Gasteiger partial charge in [0.05, 0.1) is 18.9 Å². The van der Waals surface area contributed by atoms with Crippen LogP contribution in [0.4, 0.5) is 0 Å². The second-order valence-corrected chi connectivity index (χ2v) is 4.05. The number of ether oxygens (including phenoxy) is 1. The number of hydrogen-bond donors (Lipinski definition) is 0. The number of amides is 1. The second kappa shape index (κ2) is 7.88. The first-order chi connectivity index (χ1) is 9.13. The van der Waals surface area contributed by atoms with Gasteiger partial charge in [0.15, 0.2) is 6.61 Å². The third kappa shape index (κ3) is 5.68. The zero-order chi connectivity index (χ0) is 14.1. The molecule has 0 unspecified atom stereocenters. The predicted octanol–water partition coefficient (Wildman–Crippen LogP) is 1.14. The molecular weight excluding hydrogens is 244 g/mol. The Bertz CT molecular complexity index is 465. The van der Waals surface area contributed by atoms with Crippen LogP contribution in [-0.2, 0) is 20.7 Å². The van der Waals surface area contributed by atoms with E-state index in [2.05, 4.69) is 0 Å². The summed E-state index contributed by atoms with van der Waals surface area (Å²) >= 11 is 0. The van der Waals surface area contributed by atoms with Crippen molar-refractivity contribution in [3.05, 3.63) is 35.9 Å². The molecule has 0 aromatic heterocycles. The normalized spacial score (nSPS) is 9.47. The molecular formula is C14H16N2O3. The van der Waals surface area contributed by atoms with Crippen molar-refractivity contribution in [3.8, 4) is 6.07 Å². The topological polar surface area (TPSA) is 70.4 Å². The Balaban J connectivity index is 2.30. The molecule has 0 bridgehead atoms. The average Bonchev–Trinajstić information content (AvgIpc) is 2.43. The molecule has 0 fully saturated rings. The fraction of sp³-hybridized carbons (Fsp3) is 0.357. The molecule has 1 aromatic carbocycles. The van der Waals surface area contributed by atoms with Crippen LogP contribution in [-0.4, -0.2) is 37.0 Å². The largest absolute Gasteiger partial charge is 0.455 e. The summed E-state index contributed by atoms with van der Waals surface area (Å²) in [6, 6.07) is 11.1. The summed E-state index contributed by atoms with van der Waals surface area (Å²) in [6.45, 7) is 0.0547. The maximum absolute atomic E-state index is 11.5. The lowest BCUT2D eigenvalue weighted by Gasteiger charge is -2.15. The Labute approximate surface area is 112 Å². The molecule has 1 amide bonds. The first kappa shape index (κ1) is 14.7. The molecule has 0 N–H and O–H groups in total. The summed E-state index contributed by atoms with van der Waals surface area (Å²) in [5.41, 5.74) is 0.845. The van der Waals surface area contributed by atoms with Crippen molar-refractivity contribution >= 4 is 11.9 Å². The average molecular weight is 260 g/mol. The standard InChI is InChI=1S/C14H16N2O3/c1-16(9-5-8-15)13(17)11-19-14(18)10-12-6-3-2-4-7-12/h2-4,6-7H,5,9-11H2,1H3. The van der Waals surface area contributed by atoms with E-state index in [1.807, 2.05) is 36.4 Å². The Hall–Kier alpha value is -2.35. The van der Waals surface area contributed by atoms with Crippen LogP contribution in [0.15, 0.2) is 30.3 Å². The predicted molar refractivity (Wildman–Crippen MR) is 69.0 cm³/mol. The number of benzene rings is 1. The smallest absolute Gasteiger partial charge is 0.310 e. The SMILES string of the molecule is CN(CCC#N)C(=O)COC(=O)Cc1ccccc1. The monoisotopic (exact) mass is 260 g/mol. The number of carbonyl (C=O) groups is 2. The van der Waals surface area contributed by atoms with E-state index in [9.17, 15) is 9.59 Å². The molecule has 0 radical (unpaired) electrons. The zero-order valence-corrected chi connectivity index (χ0v) is 10.8. The molecule has 0 saturated carbocycles. The van der Waals surface area contributed by atoms with E-state index in [1.54, 1.807) is 7.05 Å². The maximum atomic E-state index is 11.5. The van der Waals surface area contributed by atoms with Crippen molar-refractivity contribution in [2.75, 3.05) is 20.2 Å². The van der Waals surface area contributed by atoms with Gasteiger partial charge >= 0.3 is 5.97 Å². The van der Waals surface area contributed by atoms with Gasteiger partial charge in [-0.1, -0.05) is 30.3 Å². The van der Waals surface area contributed by atoms with Crippen LogP contribution >= 0.6 is 0 Å². The Morgan fingerprint density at radius 2 is 2.00 bits per heavy atom. The van der Waals surface area contributed by atoms with Crippen LogP contribution in [0.5, 0.6) is 0 Å². The first-order valence-electron chi connectivity index (χ1n) is 5.94. The van der Waals surface area contributed by atoms with E-state index in [0.29, 0.717) is 6.54 Å². The number of esters is 1. The van der Waals surface area contributed by atoms with Crippen molar-refractivity contribution in [3.63, 3.8) is 0 Å². The fourth-order valence-corrected chi connectivity index (χ4v) is 1.41. The number of nitrogens with zero attached hydrogens (tertiary/aromatic N) is 2. The van der Waals surface area contributed by atoms with Gasteiger partial charge in [-0.15, -0.1) is 0 Å². The molecule has 0 aliphatic heterocycles. The van der Waals surface area contributed by atoms with Crippen LogP contribution in [0.25, 0.3) is 0 Å². The highest BCUT2D eigenvalue weighted by molar-refractivity contribution is 5.81. The number of likely N-dealkylation sites (N-methyl/N-ethyl adjacent to an activating group) is 1. The number of rotatable bonds is 6. The minimum Gasteiger partial charge on any atom is -0.455 e. The van der Waals surface area contributed by atoms with Gasteiger partial charge in [0.2, 0.25) is 0 Å².